The van der Waals surface area contributed by atoms with Gasteiger partial charge in [0.15, 0.2) is 0 Å². The number of amides is 2. The second kappa shape index (κ2) is 7.33. The van der Waals surface area contributed by atoms with Crippen LogP contribution in [0.5, 0.6) is 0 Å². The third-order valence-corrected chi connectivity index (χ3v) is 5.46. The Morgan fingerprint density at radius 2 is 1.93 bits per heavy atom. The smallest absolute Gasteiger partial charge is 0.269 e. The van der Waals surface area contributed by atoms with E-state index in [-0.39, 0.29) is 23.3 Å². The second-order valence-corrected chi connectivity index (χ2v) is 7.43. The van der Waals surface area contributed by atoms with Crippen LogP contribution in [0.25, 0.3) is 0 Å². The minimum Gasteiger partial charge on any atom is -0.382 e. The maximum absolute atomic E-state index is 12.8. The van der Waals surface area contributed by atoms with Crippen LogP contribution in [0.15, 0.2) is 36.4 Å². The molecule has 2 fully saturated rings. The first-order valence-corrected chi connectivity index (χ1v) is 9.35. The van der Waals surface area contributed by atoms with Crippen molar-refractivity contribution in [3.8, 4) is 0 Å². The summed E-state index contributed by atoms with van der Waals surface area (Å²) < 4.78 is 5.35. The highest BCUT2D eigenvalue weighted by Crippen LogP contribution is 2.44. The molecule has 1 aliphatic carbocycles. The molecule has 3 N–H and O–H groups in total. The van der Waals surface area contributed by atoms with E-state index in [0.29, 0.717) is 36.2 Å². The number of ether oxygens (including phenoxy) is 1. The van der Waals surface area contributed by atoms with Crippen molar-refractivity contribution < 1.29 is 19.4 Å². The van der Waals surface area contributed by atoms with Gasteiger partial charge in [0.05, 0.1) is 18.9 Å². The summed E-state index contributed by atoms with van der Waals surface area (Å²) in [6.07, 6.45) is -1.04. The fourth-order valence-electron chi connectivity index (χ4n) is 3.77. The molecule has 1 aliphatic heterocycles. The number of nitrogens with one attached hydrogen (secondary N) is 2. The Morgan fingerprint density at radius 1 is 1.18 bits per heavy atom. The van der Waals surface area contributed by atoms with Gasteiger partial charge in [-0.15, -0.1) is 0 Å². The van der Waals surface area contributed by atoms with E-state index in [1.165, 1.54) is 13.1 Å². The first-order chi connectivity index (χ1) is 13.5. The number of hydrogen-bond acceptors (Lipinski definition) is 5. The summed E-state index contributed by atoms with van der Waals surface area (Å²) in [7, 11) is 1.50. The van der Waals surface area contributed by atoms with Gasteiger partial charge in [-0.2, -0.15) is 0 Å². The molecule has 2 heterocycles. The Morgan fingerprint density at radius 3 is 2.61 bits per heavy atom. The van der Waals surface area contributed by atoms with Crippen molar-refractivity contribution >= 4 is 11.8 Å². The van der Waals surface area contributed by atoms with E-state index < -0.39 is 12.0 Å². The lowest BCUT2D eigenvalue weighted by Crippen LogP contribution is -2.31. The Balaban J connectivity index is 1.63. The maximum Gasteiger partial charge on any atom is 0.269 e. The molecule has 1 saturated carbocycles. The SMILES string of the molecule is CNC(=O)c1cc(C(=O)NC2[C@H]3COC[C@@H]23)cc([C@@H](O)c2cccc(C)c2)n1. The van der Waals surface area contributed by atoms with Gasteiger partial charge in [0.25, 0.3) is 11.8 Å². The van der Waals surface area contributed by atoms with Gasteiger partial charge in [-0.05, 0) is 24.6 Å². The number of carbonyl (C=O) groups excluding carboxylic acids is 2. The van der Waals surface area contributed by atoms with Crippen molar-refractivity contribution in [2.24, 2.45) is 11.8 Å². The van der Waals surface area contributed by atoms with Crippen LogP contribution in [0, 0.1) is 18.8 Å². The molecule has 1 unspecified atom stereocenters. The van der Waals surface area contributed by atoms with Gasteiger partial charge in [-0.25, -0.2) is 4.98 Å². The van der Waals surface area contributed by atoms with Gasteiger partial charge in [0.2, 0.25) is 0 Å². The Kier molecular flexibility index (Phi) is 4.87. The zero-order chi connectivity index (χ0) is 19.8. The minimum absolute atomic E-state index is 0.0937. The maximum atomic E-state index is 12.8. The highest BCUT2D eigenvalue weighted by molar-refractivity contribution is 5.99. The number of benzene rings is 1. The molecule has 146 valence electrons. The third kappa shape index (κ3) is 3.50. The van der Waals surface area contributed by atoms with Crippen LogP contribution in [0.4, 0.5) is 0 Å². The average Bonchev–Trinajstić information content (AvgIpc) is 3.12. The topological polar surface area (TPSA) is 101 Å². The molecular weight excluding hydrogens is 358 g/mol. The number of fused-ring (bicyclic) bond motifs is 1. The molecule has 1 saturated heterocycles. The standard InChI is InChI=1S/C21H23N3O4/c1-11-4-3-5-12(6-11)19(25)16-7-13(8-17(23-16)21(27)22-2)20(26)24-18-14-9-28-10-15(14)18/h3-8,14-15,18-19,25H,9-10H2,1-2H3,(H,22,27)(H,24,26)/t14-,15+,18?,19-/m0/s1. The number of hydrogen-bond donors (Lipinski definition) is 3. The average molecular weight is 381 g/mol. The second-order valence-electron chi connectivity index (χ2n) is 7.43. The summed E-state index contributed by atoms with van der Waals surface area (Å²) in [6.45, 7) is 3.28. The van der Waals surface area contributed by atoms with Gasteiger partial charge in [0.1, 0.15) is 11.8 Å². The van der Waals surface area contributed by atoms with Gasteiger partial charge in [-0.1, -0.05) is 29.8 Å². The van der Waals surface area contributed by atoms with Gasteiger partial charge in [0, 0.05) is 30.5 Å². The van der Waals surface area contributed by atoms with Crippen LogP contribution in [0.3, 0.4) is 0 Å². The van der Waals surface area contributed by atoms with Crippen LogP contribution in [-0.2, 0) is 4.74 Å². The Bertz CT molecular complexity index is 920. The summed E-state index contributed by atoms with van der Waals surface area (Å²) in [6, 6.07) is 10.5. The lowest BCUT2D eigenvalue weighted by Gasteiger charge is -2.15. The van der Waals surface area contributed by atoms with Crippen molar-refractivity contribution in [1.29, 1.82) is 0 Å². The molecule has 2 amide bonds. The molecule has 7 heteroatoms. The predicted molar refractivity (Wildman–Crippen MR) is 102 cm³/mol. The zero-order valence-corrected chi connectivity index (χ0v) is 15.8. The first kappa shape index (κ1) is 18.6. The highest BCUT2D eigenvalue weighted by Gasteiger charge is 2.54. The number of rotatable bonds is 5. The van der Waals surface area contributed by atoms with E-state index in [4.69, 9.17) is 4.74 Å². The lowest BCUT2D eigenvalue weighted by atomic mass is 10.0. The monoisotopic (exact) mass is 381 g/mol. The van der Waals surface area contributed by atoms with Gasteiger partial charge < -0.3 is 20.5 Å². The van der Waals surface area contributed by atoms with Gasteiger partial charge >= 0.3 is 0 Å². The quantitative estimate of drug-likeness (QED) is 0.723. The molecule has 2 aliphatic rings. The summed E-state index contributed by atoms with van der Waals surface area (Å²) in [5.74, 6) is 0.0665. The molecule has 2 aromatic rings. The minimum atomic E-state index is -1.04. The predicted octanol–water partition coefficient (Wildman–Crippen LogP) is 1.21. The summed E-state index contributed by atoms with van der Waals surface area (Å²) in [4.78, 5) is 29.2. The number of carbonyl (C=O) groups is 2. The first-order valence-electron chi connectivity index (χ1n) is 9.35. The summed E-state index contributed by atoms with van der Waals surface area (Å²) in [5.41, 5.74) is 2.31. The van der Waals surface area contributed by atoms with E-state index in [9.17, 15) is 14.7 Å². The summed E-state index contributed by atoms with van der Waals surface area (Å²) >= 11 is 0. The molecule has 0 spiro atoms. The van der Waals surface area contributed by atoms with Crippen LogP contribution in [-0.4, -0.2) is 48.2 Å². The van der Waals surface area contributed by atoms with Crippen LogP contribution in [0.1, 0.15) is 43.8 Å². The molecule has 4 rings (SSSR count). The normalized spacial score (nSPS) is 23.6. The molecule has 1 aromatic carbocycles. The Hall–Kier alpha value is -2.77. The number of aliphatic hydroxyl groups is 1. The molecule has 7 nitrogen and oxygen atoms in total. The third-order valence-electron chi connectivity index (χ3n) is 5.46. The molecular formula is C21H23N3O4. The summed E-state index contributed by atoms with van der Waals surface area (Å²) in [5, 5.41) is 16.3. The molecule has 28 heavy (non-hydrogen) atoms. The van der Waals surface area contributed by atoms with E-state index in [1.54, 1.807) is 12.1 Å². The number of aryl methyl sites for hydroxylation is 1. The molecule has 4 atom stereocenters. The lowest BCUT2D eigenvalue weighted by molar-refractivity contribution is 0.0928. The van der Waals surface area contributed by atoms with Crippen molar-refractivity contribution in [2.45, 2.75) is 19.1 Å². The Labute approximate surface area is 163 Å². The molecule has 0 radical (unpaired) electrons. The van der Waals surface area contributed by atoms with E-state index >= 15 is 0 Å². The van der Waals surface area contributed by atoms with Crippen molar-refractivity contribution in [2.75, 3.05) is 20.3 Å². The van der Waals surface area contributed by atoms with Gasteiger partial charge in [-0.3, -0.25) is 9.59 Å². The number of aliphatic hydroxyl groups excluding tert-OH is 1. The van der Waals surface area contributed by atoms with Crippen LogP contribution in [0.2, 0.25) is 0 Å². The van der Waals surface area contributed by atoms with Crippen molar-refractivity contribution in [3.63, 3.8) is 0 Å². The highest BCUT2D eigenvalue weighted by atomic mass is 16.5. The van der Waals surface area contributed by atoms with E-state index in [2.05, 4.69) is 15.6 Å². The van der Waals surface area contributed by atoms with Crippen molar-refractivity contribution in [1.82, 2.24) is 15.6 Å². The fraction of sp³-hybridized carbons (Fsp3) is 0.381. The molecule has 1 aromatic heterocycles. The number of aromatic nitrogens is 1. The van der Waals surface area contributed by atoms with Crippen LogP contribution < -0.4 is 10.6 Å². The van der Waals surface area contributed by atoms with E-state index in [0.717, 1.165) is 5.56 Å². The molecule has 0 bridgehead atoms. The fourth-order valence-corrected chi connectivity index (χ4v) is 3.77. The number of nitrogens with zero attached hydrogens (tertiary/aromatic N) is 1. The van der Waals surface area contributed by atoms with E-state index in [1.807, 2.05) is 25.1 Å². The van der Waals surface area contributed by atoms with Crippen molar-refractivity contribution in [3.05, 3.63) is 64.5 Å². The number of pyridine rings is 1. The zero-order valence-electron chi connectivity index (χ0n) is 15.8. The largest absolute Gasteiger partial charge is 0.382 e. The van der Waals surface area contributed by atoms with Crippen LogP contribution >= 0.6 is 0 Å².